The maximum absolute atomic E-state index is 13.9. The average Bonchev–Trinajstić information content (AvgIpc) is 3.59. The molecule has 0 spiro atoms. The van der Waals surface area contributed by atoms with Crippen LogP contribution in [-0.4, -0.2) is 0 Å². The molecule has 154 valence electrons. The fraction of sp³-hybridized carbons (Fsp3) is 0.423. The van der Waals surface area contributed by atoms with Crippen molar-refractivity contribution in [2.24, 2.45) is 11.8 Å². The molecular formula is C26H25F2NS. The number of hydrogen-bond acceptors (Lipinski definition) is 2. The quantitative estimate of drug-likeness (QED) is 0.285. The van der Waals surface area contributed by atoms with Crippen LogP contribution in [-0.2, 0) is 0 Å². The Bertz CT molecular complexity index is 961. The molecule has 2 saturated carbocycles. The molecule has 1 nitrogen and oxygen atoms in total. The standard InChI is InChI=1S/C26H25F2NS/c27-24-15-21(16-25(28)26(24)30-17-29)6-5-20-9-13-23(14-10-20)22-11-7-19(8-12-22)4-3-18-1-2-18/h9-10,13-16,18-19,22H,1-4,7-8,11-12H2. The van der Waals surface area contributed by atoms with Crippen molar-refractivity contribution < 1.29 is 8.78 Å². The second-order valence-electron chi connectivity index (χ2n) is 8.57. The largest absolute Gasteiger partial charge is 0.206 e. The first-order chi connectivity index (χ1) is 14.6. The van der Waals surface area contributed by atoms with Gasteiger partial charge in [-0.3, -0.25) is 0 Å². The van der Waals surface area contributed by atoms with Crippen molar-refractivity contribution in [1.82, 2.24) is 0 Å². The first kappa shape index (κ1) is 21.0. The van der Waals surface area contributed by atoms with Gasteiger partial charge in [-0.1, -0.05) is 49.7 Å². The van der Waals surface area contributed by atoms with E-state index in [0.717, 1.165) is 17.4 Å². The zero-order valence-corrected chi connectivity index (χ0v) is 17.8. The maximum Gasteiger partial charge on any atom is 0.142 e. The molecule has 0 N–H and O–H groups in total. The summed E-state index contributed by atoms with van der Waals surface area (Å²) in [5, 5.41) is 10.3. The molecule has 0 bridgehead atoms. The van der Waals surface area contributed by atoms with E-state index in [9.17, 15) is 8.78 Å². The second-order valence-corrected chi connectivity index (χ2v) is 9.37. The van der Waals surface area contributed by atoms with Gasteiger partial charge in [-0.25, -0.2) is 8.78 Å². The monoisotopic (exact) mass is 421 g/mol. The molecule has 4 heteroatoms. The third-order valence-corrected chi connectivity index (χ3v) is 7.09. The molecule has 2 fully saturated rings. The van der Waals surface area contributed by atoms with E-state index < -0.39 is 11.6 Å². The van der Waals surface area contributed by atoms with Crippen LogP contribution < -0.4 is 0 Å². The Labute approximate surface area is 181 Å². The molecule has 4 rings (SSSR count). The Morgan fingerprint density at radius 2 is 1.33 bits per heavy atom. The van der Waals surface area contributed by atoms with Gasteiger partial charge >= 0.3 is 0 Å². The molecule has 0 amide bonds. The number of hydrogen-bond donors (Lipinski definition) is 0. The summed E-state index contributed by atoms with van der Waals surface area (Å²) < 4.78 is 27.8. The minimum Gasteiger partial charge on any atom is -0.206 e. The van der Waals surface area contributed by atoms with E-state index in [1.54, 1.807) is 5.40 Å². The number of benzene rings is 2. The Morgan fingerprint density at radius 3 is 1.87 bits per heavy atom. The molecule has 0 unspecified atom stereocenters. The van der Waals surface area contributed by atoms with Crippen molar-refractivity contribution in [3.8, 4) is 17.2 Å². The first-order valence-electron chi connectivity index (χ1n) is 10.8. The van der Waals surface area contributed by atoms with Crippen LogP contribution in [0.2, 0.25) is 0 Å². The number of nitrogens with zero attached hydrogens (tertiary/aromatic N) is 1. The molecule has 2 aliphatic carbocycles. The molecule has 0 atom stereocenters. The third-order valence-electron chi connectivity index (χ3n) is 6.41. The van der Waals surface area contributed by atoms with Crippen LogP contribution in [0.1, 0.15) is 74.0 Å². The topological polar surface area (TPSA) is 23.8 Å². The zero-order chi connectivity index (χ0) is 20.9. The lowest BCUT2D eigenvalue weighted by atomic mass is 9.77. The van der Waals surface area contributed by atoms with Crippen LogP contribution in [0, 0.1) is 46.0 Å². The highest BCUT2D eigenvalue weighted by atomic mass is 32.2. The minimum atomic E-state index is -0.756. The van der Waals surface area contributed by atoms with E-state index in [4.69, 9.17) is 5.26 Å². The molecule has 0 aliphatic heterocycles. The highest BCUT2D eigenvalue weighted by Gasteiger charge is 2.26. The lowest BCUT2D eigenvalue weighted by Gasteiger charge is -2.29. The summed E-state index contributed by atoms with van der Waals surface area (Å²) in [7, 11) is 0. The van der Waals surface area contributed by atoms with Crippen molar-refractivity contribution in [2.75, 3.05) is 0 Å². The molecule has 0 aromatic heterocycles. The van der Waals surface area contributed by atoms with Crippen molar-refractivity contribution >= 4 is 11.8 Å². The molecule has 0 radical (unpaired) electrons. The van der Waals surface area contributed by atoms with Gasteiger partial charge in [-0.2, -0.15) is 5.26 Å². The lowest BCUT2D eigenvalue weighted by Crippen LogP contribution is -2.13. The van der Waals surface area contributed by atoms with Gasteiger partial charge in [0, 0.05) is 11.1 Å². The number of halogens is 2. The molecule has 2 aliphatic rings. The summed E-state index contributed by atoms with van der Waals surface area (Å²) in [5.74, 6) is 6.89. The third kappa shape index (κ3) is 5.44. The van der Waals surface area contributed by atoms with Crippen LogP contribution >= 0.6 is 11.8 Å². The molecule has 0 saturated heterocycles. The Hall–Kier alpha value is -2.30. The SMILES string of the molecule is N#CSc1c(F)cc(C#Cc2ccc(C3CCC(CCC4CC4)CC3)cc2)cc1F. The smallest absolute Gasteiger partial charge is 0.142 e. The summed E-state index contributed by atoms with van der Waals surface area (Å²) >= 11 is 0.481. The fourth-order valence-corrected chi connectivity index (χ4v) is 4.82. The van der Waals surface area contributed by atoms with Gasteiger partial charge in [-0.15, -0.1) is 0 Å². The van der Waals surface area contributed by atoms with Crippen LogP contribution in [0.25, 0.3) is 0 Å². The Morgan fingerprint density at radius 1 is 0.800 bits per heavy atom. The first-order valence-corrected chi connectivity index (χ1v) is 11.6. The predicted molar refractivity (Wildman–Crippen MR) is 117 cm³/mol. The van der Waals surface area contributed by atoms with Crippen LogP contribution in [0.15, 0.2) is 41.3 Å². The highest BCUT2D eigenvalue weighted by Crippen LogP contribution is 2.41. The van der Waals surface area contributed by atoms with Gasteiger partial charge in [0.1, 0.15) is 17.0 Å². The van der Waals surface area contributed by atoms with Gasteiger partial charge in [0.15, 0.2) is 0 Å². The summed E-state index contributed by atoms with van der Waals surface area (Å²) in [6.45, 7) is 0. The average molecular weight is 422 g/mol. The minimum absolute atomic E-state index is 0.265. The number of nitriles is 1. The summed E-state index contributed by atoms with van der Waals surface area (Å²) in [4.78, 5) is -0.283. The van der Waals surface area contributed by atoms with Gasteiger partial charge in [-0.05, 0) is 85.0 Å². The van der Waals surface area contributed by atoms with Crippen molar-refractivity contribution in [1.29, 1.82) is 5.26 Å². The Balaban J connectivity index is 1.35. The van der Waals surface area contributed by atoms with E-state index >= 15 is 0 Å². The molecule has 0 heterocycles. The van der Waals surface area contributed by atoms with E-state index in [2.05, 4.69) is 24.0 Å². The maximum atomic E-state index is 13.9. The summed E-state index contributed by atoms with van der Waals surface area (Å²) in [5.41, 5.74) is 2.46. The number of rotatable bonds is 5. The molecule has 2 aromatic rings. The van der Waals surface area contributed by atoms with Crippen LogP contribution in [0.3, 0.4) is 0 Å². The normalized spacial score (nSPS) is 20.8. The zero-order valence-electron chi connectivity index (χ0n) is 17.0. The Kier molecular flexibility index (Phi) is 6.76. The lowest BCUT2D eigenvalue weighted by molar-refractivity contribution is 0.301. The van der Waals surface area contributed by atoms with Crippen molar-refractivity contribution in [3.05, 3.63) is 64.7 Å². The van der Waals surface area contributed by atoms with E-state index in [0.29, 0.717) is 17.7 Å². The van der Waals surface area contributed by atoms with Crippen LogP contribution in [0.4, 0.5) is 8.78 Å². The highest BCUT2D eigenvalue weighted by molar-refractivity contribution is 8.03. The second kappa shape index (κ2) is 9.67. The van der Waals surface area contributed by atoms with E-state index in [-0.39, 0.29) is 10.5 Å². The van der Waals surface area contributed by atoms with Crippen LogP contribution in [0.5, 0.6) is 0 Å². The van der Waals surface area contributed by atoms with Gasteiger partial charge < -0.3 is 0 Å². The van der Waals surface area contributed by atoms with E-state index in [1.807, 2.05) is 12.1 Å². The predicted octanol–water partition coefficient (Wildman–Crippen LogP) is 7.40. The molecule has 30 heavy (non-hydrogen) atoms. The number of thioether (sulfide) groups is 1. The number of thiocyanates is 1. The van der Waals surface area contributed by atoms with E-state index in [1.165, 1.54) is 69.1 Å². The summed E-state index contributed by atoms with van der Waals surface area (Å²) in [6.07, 6.45) is 11.0. The molecule has 2 aromatic carbocycles. The van der Waals surface area contributed by atoms with Crippen molar-refractivity contribution in [2.45, 2.75) is 62.2 Å². The van der Waals surface area contributed by atoms with Gasteiger partial charge in [0.2, 0.25) is 0 Å². The summed E-state index contributed by atoms with van der Waals surface area (Å²) in [6, 6.07) is 10.6. The van der Waals surface area contributed by atoms with Crippen molar-refractivity contribution in [3.63, 3.8) is 0 Å². The van der Waals surface area contributed by atoms with Gasteiger partial charge in [0.05, 0.1) is 4.90 Å². The fourth-order valence-electron chi connectivity index (χ4n) is 4.42. The van der Waals surface area contributed by atoms with Gasteiger partial charge in [0.25, 0.3) is 0 Å². The molecular weight excluding hydrogens is 396 g/mol.